The number of hydrogen-bond acceptors (Lipinski definition) is 6. The van der Waals surface area contributed by atoms with Crippen LogP contribution in [0.2, 0.25) is 0 Å². The highest BCUT2D eigenvalue weighted by Gasteiger charge is 2.35. The molecule has 48 heavy (non-hydrogen) atoms. The highest BCUT2D eigenvalue weighted by atomic mass is 79.9. The standard InChI is InChI=1S/C37H42BrN3O6S/c1-6-18-39-37(43)33(22-28-10-8-7-9-11-28)40(24-29-12-14-30(38)15-13-29)36(42)25-41(31-20-26(2)19-27(3)21-31)48(44,45)32-16-17-34(46-4)35(23-32)47-5/h7-17,19-21,23,33H,6,18,22,24-25H2,1-5H3,(H,39,43)/t33-/m1/s1. The Labute approximate surface area is 292 Å². The number of methoxy groups -OCH3 is 2. The topological polar surface area (TPSA) is 105 Å². The van der Waals surface area contributed by atoms with Crippen LogP contribution in [0.15, 0.2) is 100 Å². The Balaban J connectivity index is 1.84. The molecule has 0 unspecified atom stereocenters. The molecule has 0 aliphatic carbocycles. The fraction of sp³-hybridized carbons (Fsp3) is 0.297. The number of rotatable bonds is 15. The van der Waals surface area contributed by atoms with Gasteiger partial charge in [0.15, 0.2) is 11.5 Å². The van der Waals surface area contributed by atoms with Crippen LogP contribution in [0.3, 0.4) is 0 Å². The molecule has 4 rings (SSSR count). The highest BCUT2D eigenvalue weighted by molar-refractivity contribution is 9.10. The predicted molar refractivity (Wildman–Crippen MR) is 192 cm³/mol. The number of carbonyl (C=O) groups excluding carboxylic acids is 2. The molecule has 4 aromatic carbocycles. The molecular weight excluding hydrogens is 694 g/mol. The van der Waals surface area contributed by atoms with E-state index in [0.717, 1.165) is 31.0 Å². The largest absolute Gasteiger partial charge is 0.493 e. The lowest BCUT2D eigenvalue weighted by Gasteiger charge is -2.34. The molecule has 0 fully saturated rings. The van der Waals surface area contributed by atoms with Crippen LogP contribution in [0.4, 0.5) is 5.69 Å². The average molecular weight is 737 g/mol. The molecule has 9 nitrogen and oxygen atoms in total. The Morgan fingerprint density at radius 2 is 1.48 bits per heavy atom. The Kier molecular flexibility index (Phi) is 12.7. The van der Waals surface area contributed by atoms with Gasteiger partial charge in [-0.05, 0) is 78.9 Å². The molecule has 0 aliphatic heterocycles. The monoisotopic (exact) mass is 735 g/mol. The maximum atomic E-state index is 14.7. The lowest BCUT2D eigenvalue weighted by Crippen LogP contribution is -2.53. The first kappa shape index (κ1) is 36.5. The van der Waals surface area contributed by atoms with Crippen molar-refractivity contribution >= 4 is 43.5 Å². The van der Waals surface area contributed by atoms with E-state index in [1.807, 2.05) is 81.4 Å². The summed E-state index contributed by atoms with van der Waals surface area (Å²) in [7, 11) is -1.43. The summed E-state index contributed by atoms with van der Waals surface area (Å²) in [5.74, 6) is -0.244. The Morgan fingerprint density at radius 1 is 0.833 bits per heavy atom. The van der Waals surface area contributed by atoms with Crippen LogP contribution >= 0.6 is 15.9 Å². The quantitative estimate of drug-likeness (QED) is 0.151. The number of aryl methyl sites for hydroxylation is 2. The van der Waals surface area contributed by atoms with Gasteiger partial charge in [0.1, 0.15) is 12.6 Å². The number of amides is 2. The van der Waals surface area contributed by atoms with E-state index in [-0.39, 0.29) is 29.5 Å². The molecule has 254 valence electrons. The number of nitrogens with zero attached hydrogens (tertiary/aromatic N) is 2. The maximum Gasteiger partial charge on any atom is 0.264 e. The Bertz CT molecular complexity index is 1800. The fourth-order valence-electron chi connectivity index (χ4n) is 5.43. The molecule has 0 aromatic heterocycles. The van der Waals surface area contributed by atoms with Crippen LogP contribution in [-0.4, -0.2) is 58.5 Å². The van der Waals surface area contributed by atoms with E-state index >= 15 is 0 Å². The van der Waals surface area contributed by atoms with Gasteiger partial charge in [-0.1, -0.05) is 71.4 Å². The minimum absolute atomic E-state index is 0.0758. The summed E-state index contributed by atoms with van der Waals surface area (Å²) in [5, 5.41) is 2.96. The number of ether oxygens (including phenoxy) is 2. The second-order valence-electron chi connectivity index (χ2n) is 11.5. The minimum Gasteiger partial charge on any atom is -0.493 e. The van der Waals surface area contributed by atoms with Gasteiger partial charge in [0.25, 0.3) is 10.0 Å². The zero-order valence-corrected chi connectivity index (χ0v) is 30.3. The zero-order valence-electron chi connectivity index (χ0n) is 27.9. The number of anilines is 1. The second-order valence-corrected chi connectivity index (χ2v) is 14.3. The van der Waals surface area contributed by atoms with E-state index in [4.69, 9.17) is 9.47 Å². The molecular formula is C37H42BrN3O6S. The Morgan fingerprint density at radius 3 is 2.08 bits per heavy atom. The summed E-state index contributed by atoms with van der Waals surface area (Å²) < 4.78 is 41.7. The van der Waals surface area contributed by atoms with Crippen molar-refractivity contribution < 1.29 is 27.5 Å². The number of sulfonamides is 1. The smallest absolute Gasteiger partial charge is 0.264 e. The maximum absolute atomic E-state index is 14.7. The number of carbonyl (C=O) groups is 2. The molecule has 4 aromatic rings. The molecule has 2 amide bonds. The van der Waals surface area contributed by atoms with Crippen LogP contribution in [0, 0.1) is 13.8 Å². The van der Waals surface area contributed by atoms with Gasteiger partial charge >= 0.3 is 0 Å². The van der Waals surface area contributed by atoms with Gasteiger partial charge in [-0.25, -0.2) is 8.42 Å². The van der Waals surface area contributed by atoms with Gasteiger partial charge in [0.05, 0.1) is 24.8 Å². The molecule has 0 radical (unpaired) electrons. The minimum atomic E-state index is -4.33. The van der Waals surface area contributed by atoms with Crippen molar-refractivity contribution in [3.8, 4) is 11.5 Å². The molecule has 1 N–H and O–H groups in total. The summed E-state index contributed by atoms with van der Waals surface area (Å²) in [6, 6.07) is 25.7. The van der Waals surface area contributed by atoms with E-state index in [9.17, 15) is 18.0 Å². The fourth-order valence-corrected chi connectivity index (χ4v) is 7.11. The van der Waals surface area contributed by atoms with E-state index in [2.05, 4.69) is 21.2 Å². The first-order valence-corrected chi connectivity index (χ1v) is 17.9. The third-order valence-corrected chi connectivity index (χ3v) is 10.1. The van der Waals surface area contributed by atoms with Crippen LogP contribution < -0.4 is 19.1 Å². The van der Waals surface area contributed by atoms with E-state index in [1.54, 1.807) is 12.1 Å². The Hall–Kier alpha value is -4.35. The number of halogens is 1. The normalized spacial score (nSPS) is 11.8. The molecule has 0 saturated carbocycles. The predicted octanol–water partition coefficient (Wildman–Crippen LogP) is 6.44. The van der Waals surface area contributed by atoms with Crippen molar-refractivity contribution in [1.29, 1.82) is 0 Å². The van der Waals surface area contributed by atoms with Crippen molar-refractivity contribution in [3.63, 3.8) is 0 Å². The lowest BCUT2D eigenvalue weighted by molar-refractivity contribution is -0.140. The molecule has 1 atom stereocenters. The number of hydrogen-bond donors (Lipinski definition) is 1. The van der Waals surface area contributed by atoms with E-state index in [0.29, 0.717) is 24.4 Å². The zero-order chi connectivity index (χ0) is 34.8. The first-order valence-electron chi connectivity index (χ1n) is 15.7. The molecule has 0 heterocycles. The number of benzene rings is 4. The summed E-state index contributed by atoms with van der Waals surface area (Å²) >= 11 is 3.46. The molecule has 0 saturated heterocycles. The molecule has 11 heteroatoms. The van der Waals surface area contributed by atoms with Crippen LogP contribution in [0.1, 0.15) is 35.6 Å². The lowest BCUT2D eigenvalue weighted by atomic mass is 10.0. The van der Waals surface area contributed by atoms with Gasteiger partial charge < -0.3 is 19.7 Å². The van der Waals surface area contributed by atoms with Gasteiger partial charge in [-0.3, -0.25) is 13.9 Å². The third kappa shape index (κ3) is 9.17. The van der Waals surface area contributed by atoms with Gasteiger partial charge in [-0.2, -0.15) is 0 Å². The van der Waals surface area contributed by atoms with Gasteiger partial charge in [0.2, 0.25) is 11.8 Å². The number of nitrogens with one attached hydrogen (secondary N) is 1. The molecule has 0 spiro atoms. The van der Waals surface area contributed by atoms with Gasteiger partial charge in [0, 0.05) is 30.0 Å². The van der Waals surface area contributed by atoms with Crippen molar-refractivity contribution in [2.45, 2.75) is 51.1 Å². The first-order chi connectivity index (χ1) is 23.0. The van der Waals surface area contributed by atoms with Crippen LogP contribution in [0.5, 0.6) is 11.5 Å². The molecule has 0 aliphatic rings. The van der Waals surface area contributed by atoms with Gasteiger partial charge in [-0.15, -0.1) is 0 Å². The highest BCUT2D eigenvalue weighted by Crippen LogP contribution is 2.33. The van der Waals surface area contributed by atoms with E-state index in [1.165, 1.54) is 37.3 Å². The summed E-state index contributed by atoms with van der Waals surface area (Å²) in [6.07, 6.45) is 0.957. The van der Waals surface area contributed by atoms with Crippen molar-refractivity contribution in [2.75, 3.05) is 31.6 Å². The van der Waals surface area contributed by atoms with Crippen molar-refractivity contribution in [3.05, 3.63) is 118 Å². The van der Waals surface area contributed by atoms with Crippen LogP contribution in [0.25, 0.3) is 0 Å². The SMILES string of the molecule is CCCNC(=O)[C@@H](Cc1ccccc1)N(Cc1ccc(Br)cc1)C(=O)CN(c1cc(C)cc(C)c1)S(=O)(=O)c1ccc(OC)c(OC)c1. The van der Waals surface area contributed by atoms with E-state index < -0.39 is 28.5 Å². The third-order valence-electron chi connectivity index (χ3n) is 7.80. The summed E-state index contributed by atoms with van der Waals surface area (Å²) in [5.41, 5.74) is 3.64. The molecule has 0 bridgehead atoms. The second kappa shape index (κ2) is 16.7. The van der Waals surface area contributed by atoms with Crippen molar-refractivity contribution in [2.24, 2.45) is 0 Å². The summed E-state index contributed by atoms with van der Waals surface area (Å²) in [4.78, 5) is 29.9. The average Bonchev–Trinajstić information content (AvgIpc) is 3.07. The van der Waals surface area contributed by atoms with Crippen molar-refractivity contribution in [1.82, 2.24) is 10.2 Å². The summed E-state index contributed by atoms with van der Waals surface area (Å²) in [6.45, 7) is 5.66. The van der Waals surface area contributed by atoms with Crippen LogP contribution in [-0.2, 0) is 32.6 Å².